The van der Waals surface area contributed by atoms with Gasteiger partial charge in [-0.1, -0.05) is 48.5 Å². The first-order chi connectivity index (χ1) is 14.6. The van der Waals surface area contributed by atoms with Crippen molar-refractivity contribution in [3.05, 3.63) is 97.8 Å². The molecule has 0 radical (unpaired) electrons. The number of carbonyl (C=O) groups is 1. The monoisotopic (exact) mass is 542 g/mol. The molecule has 3 aromatic carbocycles. The van der Waals surface area contributed by atoms with Crippen LogP contribution in [0.3, 0.4) is 0 Å². The number of ether oxygens (including phenoxy) is 1. The predicted molar refractivity (Wildman–Crippen MR) is 130 cm³/mol. The molecular weight excluding hydrogens is 528 g/mol. The number of thioether (sulfide) groups is 1. The minimum Gasteiger partial charge on any atom is -0.488 e. The van der Waals surface area contributed by atoms with Crippen molar-refractivity contribution in [3.8, 4) is 5.75 Å². The summed E-state index contributed by atoms with van der Waals surface area (Å²) in [7, 11) is 0. The van der Waals surface area contributed by atoms with Crippen LogP contribution in [0.15, 0.2) is 91.6 Å². The van der Waals surface area contributed by atoms with E-state index in [-0.39, 0.29) is 5.91 Å². The summed E-state index contributed by atoms with van der Waals surface area (Å²) in [4.78, 5) is 17.5. The number of amidine groups is 1. The van der Waals surface area contributed by atoms with Gasteiger partial charge in [-0.2, -0.15) is 0 Å². The van der Waals surface area contributed by atoms with Gasteiger partial charge < -0.3 is 10.1 Å². The minimum atomic E-state index is -0.161. The molecule has 1 heterocycles. The van der Waals surface area contributed by atoms with Gasteiger partial charge in [0.15, 0.2) is 5.17 Å². The lowest BCUT2D eigenvalue weighted by atomic mass is 10.2. The summed E-state index contributed by atoms with van der Waals surface area (Å²) >= 11 is 8.35. The van der Waals surface area contributed by atoms with E-state index in [0.29, 0.717) is 16.7 Å². The zero-order valence-corrected chi connectivity index (χ0v) is 19.6. The van der Waals surface area contributed by atoms with Crippen LogP contribution >= 0.6 is 43.6 Å². The van der Waals surface area contributed by atoms with Crippen molar-refractivity contribution in [2.45, 2.75) is 6.61 Å². The van der Waals surface area contributed by atoms with E-state index in [1.54, 1.807) is 0 Å². The average Bonchev–Trinajstić information content (AvgIpc) is 3.08. The maximum Gasteiger partial charge on any atom is 0.264 e. The summed E-state index contributed by atoms with van der Waals surface area (Å²) in [5.41, 5.74) is 2.77. The Bertz CT molecular complexity index is 1150. The zero-order chi connectivity index (χ0) is 20.9. The molecule has 4 rings (SSSR count). The van der Waals surface area contributed by atoms with Crippen LogP contribution in [-0.4, -0.2) is 11.1 Å². The molecule has 0 unspecified atom stereocenters. The van der Waals surface area contributed by atoms with Crippen molar-refractivity contribution in [2.24, 2.45) is 4.99 Å². The second-order valence-electron chi connectivity index (χ2n) is 6.40. The van der Waals surface area contributed by atoms with Gasteiger partial charge in [-0.15, -0.1) is 0 Å². The number of carbonyl (C=O) groups excluding carboxylic acids is 1. The van der Waals surface area contributed by atoms with Crippen LogP contribution < -0.4 is 10.1 Å². The van der Waals surface area contributed by atoms with Crippen LogP contribution in [0.25, 0.3) is 6.08 Å². The Hall–Kier alpha value is -2.35. The maximum absolute atomic E-state index is 12.3. The molecule has 7 heteroatoms. The first kappa shape index (κ1) is 20.9. The van der Waals surface area contributed by atoms with Crippen molar-refractivity contribution >= 4 is 66.5 Å². The van der Waals surface area contributed by atoms with Crippen LogP contribution in [0.2, 0.25) is 0 Å². The normalized spacial score (nSPS) is 16.1. The fourth-order valence-corrected chi connectivity index (χ4v) is 4.46. The third-order valence-corrected chi connectivity index (χ3v) is 6.42. The van der Waals surface area contributed by atoms with Gasteiger partial charge in [0.25, 0.3) is 5.91 Å². The van der Waals surface area contributed by atoms with Crippen molar-refractivity contribution in [3.63, 3.8) is 0 Å². The molecule has 1 aliphatic heterocycles. The first-order valence-corrected chi connectivity index (χ1v) is 11.5. The van der Waals surface area contributed by atoms with E-state index < -0.39 is 0 Å². The summed E-state index contributed by atoms with van der Waals surface area (Å²) < 4.78 is 7.59. The molecule has 0 atom stereocenters. The lowest BCUT2D eigenvalue weighted by molar-refractivity contribution is -0.115. The number of rotatable bonds is 5. The Morgan fingerprint density at radius 2 is 1.73 bits per heavy atom. The Labute approximate surface area is 195 Å². The second-order valence-corrected chi connectivity index (χ2v) is 9.14. The lowest BCUT2D eigenvalue weighted by Gasteiger charge is -2.09. The van der Waals surface area contributed by atoms with Crippen molar-refractivity contribution < 1.29 is 9.53 Å². The molecule has 1 saturated heterocycles. The number of hydrogen-bond donors (Lipinski definition) is 1. The predicted octanol–water partition coefficient (Wildman–Crippen LogP) is 6.68. The molecule has 150 valence electrons. The van der Waals surface area contributed by atoms with Gasteiger partial charge in [0, 0.05) is 4.47 Å². The minimum absolute atomic E-state index is 0.161. The molecule has 0 bridgehead atoms. The van der Waals surface area contributed by atoms with Crippen molar-refractivity contribution in [2.75, 3.05) is 0 Å². The number of aliphatic imine (C=N–C) groups is 1. The highest BCUT2D eigenvalue weighted by atomic mass is 79.9. The van der Waals surface area contributed by atoms with Crippen LogP contribution in [-0.2, 0) is 11.4 Å². The van der Waals surface area contributed by atoms with Gasteiger partial charge in [-0.05, 0) is 85.1 Å². The van der Waals surface area contributed by atoms with E-state index in [0.717, 1.165) is 31.5 Å². The second kappa shape index (κ2) is 9.64. The summed E-state index contributed by atoms with van der Waals surface area (Å²) in [6, 6.07) is 23.4. The highest BCUT2D eigenvalue weighted by Crippen LogP contribution is 2.32. The molecular formula is C23H16Br2N2O2S. The molecule has 0 saturated carbocycles. The standard InChI is InChI=1S/C23H16Br2N2O2S/c24-17-8-4-5-9-19(17)26-23-27-22(28)21(30-23)13-16-10-11-20(18(25)12-16)29-14-15-6-2-1-3-7-15/h1-13H,14H2,(H,26,27,28)/b21-13+. The van der Waals surface area contributed by atoms with E-state index in [1.165, 1.54) is 11.8 Å². The maximum atomic E-state index is 12.3. The van der Waals surface area contributed by atoms with Crippen LogP contribution in [0.1, 0.15) is 11.1 Å². The lowest BCUT2D eigenvalue weighted by Crippen LogP contribution is -2.19. The molecule has 1 fully saturated rings. The van der Waals surface area contributed by atoms with Gasteiger partial charge in [0.2, 0.25) is 0 Å². The molecule has 0 aliphatic carbocycles. The van der Waals surface area contributed by atoms with Crippen LogP contribution in [0, 0.1) is 0 Å². The molecule has 0 aromatic heterocycles. The van der Waals surface area contributed by atoms with Gasteiger partial charge >= 0.3 is 0 Å². The van der Waals surface area contributed by atoms with E-state index in [4.69, 9.17) is 4.74 Å². The highest BCUT2D eigenvalue weighted by Gasteiger charge is 2.24. The smallest absolute Gasteiger partial charge is 0.264 e. The number of halogens is 2. The fraction of sp³-hybridized carbons (Fsp3) is 0.0435. The SMILES string of the molecule is O=C1NC(=Nc2ccccc2Br)S/C1=C/c1ccc(OCc2ccccc2)c(Br)c1. The summed E-state index contributed by atoms with van der Waals surface area (Å²) in [6.07, 6.45) is 1.84. The van der Waals surface area contributed by atoms with Gasteiger partial charge in [-0.25, -0.2) is 4.99 Å². The van der Waals surface area contributed by atoms with E-state index in [2.05, 4.69) is 42.2 Å². The summed E-state index contributed by atoms with van der Waals surface area (Å²) in [6.45, 7) is 0.493. The highest BCUT2D eigenvalue weighted by molar-refractivity contribution is 9.11. The molecule has 0 spiro atoms. The van der Waals surface area contributed by atoms with E-state index >= 15 is 0 Å². The number of nitrogens with one attached hydrogen (secondary N) is 1. The number of benzene rings is 3. The first-order valence-electron chi connectivity index (χ1n) is 9.09. The fourth-order valence-electron chi connectivity index (χ4n) is 2.74. The van der Waals surface area contributed by atoms with Crippen LogP contribution in [0.4, 0.5) is 5.69 Å². The molecule has 1 aliphatic rings. The average molecular weight is 544 g/mol. The number of hydrogen-bond acceptors (Lipinski definition) is 4. The Morgan fingerprint density at radius 1 is 0.967 bits per heavy atom. The third kappa shape index (κ3) is 5.22. The largest absolute Gasteiger partial charge is 0.488 e. The van der Waals surface area contributed by atoms with Crippen LogP contribution in [0.5, 0.6) is 5.75 Å². The third-order valence-electron chi connectivity index (χ3n) is 4.22. The van der Waals surface area contributed by atoms with Gasteiger partial charge in [-0.3, -0.25) is 4.79 Å². The topological polar surface area (TPSA) is 50.7 Å². The number of amides is 1. The van der Waals surface area contributed by atoms with Gasteiger partial charge in [0.05, 0.1) is 15.1 Å². The quantitative estimate of drug-likeness (QED) is 0.365. The Balaban J connectivity index is 1.47. The van der Waals surface area contributed by atoms with Gasteiger partial charge in [0.1, 0.15) is 12.4 Å². The molecule has 1 amide bonds. The Morgan fingerprint density at radius 3 is 2.50 bits per heavy atom. The molecule has 30 heavy (non-hydrogen) atoms. The zero-order valence-electron chi connectivity index (χ0n) is 15.6. The molecule has 1 N–H and O–H groups in total. The van der Waals surface area contributed by atoms with Crippen molar-refractivity contribution in [1.82, 2.24) is 5.32 Å². The molecule has 4 nitrogen and oxygen atoms in total. The molecule has 3 aromatic rings. The summed E-state index contributed by atoms with van der Waals surface area (Å²) in [5, 5.41) is 3.37. The summed E-state index contributed by atoms with van der Waals surface area (Å²) in [5.74, 6) is 0.590. The Kier molecular flexibility index (Phi) is 6.72. The van der Waals surface area contributed by atoms with Crippen molar-refractivity contribution in [1.29, 1.82) is 0 Å². The number of para-hydroxylation sites is 1. The number of nitrogens with zero attached hydrogens (tertiary/aromatic N) is 1. The van der Waals surface area contributed by atoms with E-state index in [1.807, 2.05) is 78.9 Å². The van der Waals surface area contributed by atoms with E-state index in [9.17, 15) is 4.79 Å².